The van der Waals surface area contributed by atoms with Crippen molar-refractivity contribution < 1.29 is 18.0 Å². The van der Waals surface area contributed by atoms with Gasteiger partial charge in [0, 0.05) is 39.4 Å². The van der Waals surface area contributed by atoms with Crippen LogP contribution in [-0.2, 0) is 37.5 Å². The molecule has 0 aliphatic heterocycles. The number of halogens is 3. The van der Waals surface area contributed by atoms with Crippen molar-refractivity contribution in [1.29, 1.82) is 0 Å². The molecule has 1 heterocycles. The molecule has 0 unspecified atom stereocenters. The van der Waals surface area contributed by atoms with E-state index in [1.165, 1.54) is 11.0 Å². The third kappa shape index (κ3) is 6.78. The number of likely N-dealkylation sites (N-methyl/N-ethyl adjacent to an activating group) is 1. The Balaban J connectivity index is 2.14. The topological polar surface area (TPSA) is 74.5 Å². The molecule has 0 saturated heterocycles. The summed E-state index contributed by atoms with van der Waals surface area (Å²) >= 11 is 0. The highest BCUT2D eigenvalue weighted by molar-refractivity contribution is 5.86. The number of hydrogen-bond acceptors (Lipinski definition) is 3. The fourth-order valence-electron chi connectivity index (χ4n) is 2.72. The van der Waals surface area contributed by atoms with E-state index in [0.29, 0.717) is 18.1 Å². The van der Waals surface area contributed by atoms with Crippen LogP contribution in [0.25, 0.3) is 0 Å². The number of benzene rings is 1. The molecule has 0 aliphatic rings. The molecule has 0 atom stereocenters. The number of aryl methyl sites for hydroxylation is 2. The molecule has 2 N–H and O–H groups in total. The van der Waals surface area contributed by atoms with Gasteiger partial charge in [-0.05, 0) is 24.1 Å². The van der Waals surface area contributed by atoms with Crippen molar-refractivity contribution in [1.82, 2.24) is 25.3 Å². The first kappa shape index (κ1) is 23.2. The largest absolute Gasteiger partial charge is 0.416 e. The molecule has 7 nitrogen and oxygen atoms in total. The number of carbonyl (C=O) groups excluding carboxylic acids is 1. The highest BCUT2D eigenvalue weighted by Gasteiger charge is 2.30. The molecule has 0 spiro atoms. The van der Waals surface area contributed by atoms with E-state index in [4.69, 9.17) is 0 Å². The SMILES string of the molecule is CCc1nn(C)cc1CNC(=NCc1cccc(C(F)(F)F)c1)NCC(=O)N(C)C. The quantitative estimate of drug-likeness (QED) is 0.529. The van der Waals surface area contributed by atoms with Crippen molar-refractivity contribution in [3.63, 3.8) is 0 Å². The minimum atomic E-state index is -4.41. The first-order chi connectivity index (χ1) is 14.1. The van der Waals surface area contributed by atoms with Crippen LogP contribution >= 0.6 is 0 Å². The fraction of sp³-hybridized carbons (Fsp3) is 0.450. The number of nitrogens with zero attached hydrogens (tertiary/aromatic N) is 4. The van der Waals surface area contributed by atoms with Crippen LogP contribution < -0.4 is 10.6 Å². The summed E-state index contributed by atoms with van der Waals surface area (Å²) in [6.07, 6.45) is -1.75. The lowest BCUT2D eigenvalue weighted by atomic mass is 10.1. The van der Waals surface area contributed by atoms with Crippen LogP contribution in [0.2, 0.25) is 0 Å². The second-order valence-corrected chi connectivity index (χ2v) is 6.99. The molecule has 164 valence electrons. The number of amides is 1. The summed E-state index contributed by atoms with van der Waals surface area (Å²) in [5, 5.41) is 10.4. The van der Waals surface area contributed by atoms with Gasteiger partial charge in [-0.3, -0.25) is 9.48 Å². The normalized spacial score (nSPS) is 12.0. The Kier molecular flexibility index (Phi) is 7.85. The third-order valence-corrected chi connectivity index (χ3v) is 4.35. The minimum absolute atomic E-state index is 0.00903. The van der Waals surface area contributed by atoms with E-state index in [0.717, 1.165) is 29.8 Å². The van der Waals surface area contributed by atoms with Gasteiger partial charge in [-0.25, -0.2) is 4.99 Å². The lowest BCUT2D eigenvalue weighted by Gasteiger charge is -2.15. The van der Waals surface area contributed by atoms with E-state index in [9.17, 15) is 18.0 Å². The van der Waals surface area contributed by atoms with Gasteiger partial charge < -0.3 is 15.5 Å². The van der Waals surface area contributed by atoms with E-state index in [2.05, 4.69) is 20.7 Å². The molecule has 0 bridgehead atoms. The lowest BCUT2D eigenvalue weighted by Crippen LogP contribution is -2.42. The Morgan fingerprint density at radius 1 is 1.27 bits per heavy atom. The van der Waals surface area contributed by atoms with Crippen LogP contribution in [-0.4, -0.2) is 47.2 Å². The van der Waals surface area contributed by atoms with E-state index in [1.807, 2.05) is 20.2 Å². The second-order valence-electron chi connectivity index (χ2n) is 6.99. The molecule has 0 fully saturated rings. The highest BCUT2D eigenvalue weighted by Crippen LogP contribution is 2.29. The zero-order valence-corrected chi connectivity index (χ0v) is 17.5. The number of aliphatic imine (C=N–C) groups is 1. The smallest absolute Gasteiger partial charge is 0.352 e. The van der Waals surface area contributed by atoms with Gasteiger partial charge in [0.2, 0.25) is 5.91 Å². The number of nitrogens with one attached hydrogen (secondary N) is 2. The van der Waals surface area contributed by atoms with Gasteiger partial charge in [0.25, 0.3) is 0 Å². The second kappa shape index (κ2) is 10.1. The molecule has 1 aromatic carbocycles. The van der Waals surface area contributed by atoms with Gasteiger partial charge in [-0.15, -0.1) is 0 Å². The van der Waals surface area contributed by atoms with Gasteiger partial charge in [0.15, 0.2) is 5.96 Å². The maximum Gasteiger partial charge on any atom is 0.416 e. The number of hydrogen-bond donors (Lipinski definition) is 2. The van der Waals surface area contributed by atoms with Crippen molar-refractivity contribution in [3.05, 3.63) is 52.8 Å². The van der Waals surface area contributed by atoms with Crippen molar-refractivity contribution in [3.8, 4) is 0 Å². The summed E-state index contributed by atoms with van der Waals surface area (Å²) in [5.74, 6) is 0.174. The van der Waals surface area contributed by atoms with Crippen LogP contribution in [0.5, 0.6) is 0 Å². The first-order valence-corrected chi connectivity index (χ1v) is 9.50. The van der Waals surface area contributed by atoms with Crippen molar-refractivity contribution in [2.75, 3.05) is 20.6 Å². The van der Waals surface area contributed by atoms with Crippen LogP contribution in [0.15, 0.2) is 35.5 Å². The molecule has 0 radical (unpaired) electrons. The molecule has 10 heteroatoms. The van der Waals surface area contributed by atoms with Crippen molar-refractivity contribution in [2.45, 2.75) is 32.6 Å². The van der Waals surface area contributed by atoms with Gasteiger partial charge in [-0.2, -0.15) is 18.3 Å². The molecule has 30 heavy (non-hydrogen) atoms. The van der Waals surface area contributed by atoms with E-state index < -0.39 is 11.7 Å². The molecule has 1 amide bonds. The van der Waals surface area contributed by atoms with E-state index in [1.54, 1.807) is 24.8 Å². The summed E-state index contributed by atoms with van der Waals surface area (Å²) in [7, 11) is 5.11. The number of aromatic nitrogens is 2. The molecule has 0 saturated carbocycles. The number of rotatable bonds is 7. The van der Waals surface area contributed by atoms with Gasteiger partial charge in [0.05, 0.1) is 24.3 Å². The highest BCUT2D eigenvalue weighted by atomic mass is 19.4. The van der Waals surface area contributed by atoms with Crippen LogP contribution in [0.1, 0.15) is 29.3 Å². The first-order valence-electron chi connectivity index (χ1n) is 9.50. The molecular weight excluding hydrogens is 397 g/mol. The zero-order valence-electron chi connectivity index (χ0n) is 17.5. The Morgan fingerprint density at radius 2 is 2.00 bits per heavy atom. The monoisotopic (exact) mass is 424 g/mol. The standard InChI is InChI=1S/C20H27F3N6O/c1-5-17-15(13-29(4)27-17)11-25-19(26-12-18(30)28(2)3)24-10-14-7-6-8-16(9-14)20(21,22)23/h6-9,13H,5,10-12H2,1-4H3,(H2,24,25,26). The van der Waals surface area contributed by atoms with Crippen LogP contribution in [0.4, 0.5) is 13.2 Å². The summed E-state index contributed by atoms with van der Waals surface area (Å²) in [5.41, 5.74) is 1.61. The van der Waals surface area contributed by atoms with Gasteiger partial charge in [-0.1, -0.05) is 19.1 Å². The van der Waals surface area contributed by atoms with Gasteiger partial charge >= 0.3 is 6.18 Å². The van der Waals surface area contributed by atoms with Gasteiger partial charge in [0.1, 0.15) is 0 Å². The maximum absolute atomic E-state index is 12.9. The molecule has 1 aromatic heterocycles. The number of alkyl halides is 3. The van der Waals surface area contributed by atoms with Crippen molar-refractivity contribution in [2.24, 2.45) is 12.0 Å². The Labute approximate surface area is 174 Å². The fourth-order valence-corrected chi connectivity index (χ4v) is 2.72. The van der Waals surface area contributed by atoms with Crippen molar-refractivity contribution >= 4 is 11.9 Å². The summed E-state index contributed by atoms with van der Waals surface area (Å²) in [6, 6.07) is 5.03. The Hall–Kier alpha value is -3.04. The predicted molar refractivity (Wildman–Crippen MR) is 109 cm³/mol. The zero-order chi connectivity index (χ0) is 22.3. The third-order valence-electron chi connectivity index (χ3n) is 4.35. The Bertz CT molecular complexity index is 889. The number of guanidine groups is 1. The Morgan fingerprint density at radius 3 is 2.63 bits per heavy atom. The van der Waals surface area contributed by atoms with E-state index in [-0.39, 0.29) is 19.0 Å². The van der Waals surface area contributed by atoms with Crippen LogP contribution in [0, 0.1) is 0 Å². The predicted octanol–water partition coefficient (Wildman–Crippen LogP) is 2.32. The van der Waals surface area contributed by atoms with Crippen LogP contribution in [0.3, 0.4) is 0 Å². The summed E-state index contributed by atoms with van der Waals surface area (Å²) in [4.78, 5) is 17.7. The average Bonchev–Trinajstić information content (AvgIpc) is 3.06. The average molecular weight is 424 g/mol. The number of carbonyl (C=O) groups is 1. The molecular formula is C20H27F3N6O. The summed E-state index contributed by atoms with van der Waals surface area (Å²) in [6.45, 7) is 2.46. The van der Waals surface area contributed by atoms with E-state index >= 15 is 0 Å². The maximum atomic E-state index is 12.9. The molecule has 0 aliphatic carbocycles. The summed E-state index contributed by atoms with van der Waals surface area (Å²) < 4.78 is 40.5. The minimum Gasteiger partial charge on any atom is -0.352 e. The lowest BCUT2D eigenvalue weighted by molar-refractivity contribution is -0.137. The molecule has 2 rings (SSSR count). The molecule has 2 aromatic rings.